The van der Waals surface area contributed by atoms with Crippen LogP contribution in [0.2, 0.25) is 0 Å². The van der Waals surface area contributed by atoms with Gasteiger partial charge in [0.2, 0.25) is 12.1 Å². The molecule has 0 spiro atoms. The van der Waals surface area contributed by atoms with Crippen molar-refractivity contribution in [3.63, 3.8) is 0 Å². The van der Waals surface area contributed by atoms with E-state index in [-0.39, 0.29) is 12.8 Å². The van der Waals surface area contributed by atoms with Gasteiger partial charge >= 0.3 is 12.1 Å². The standard InChI is InChI=1S/C17H31N5O7/c1-7-8-11(23)21(5)14(26)13(25)20(4)10(9-17(2,3)29)12(24)19-16(28)22(6)15(18)27/h10,14,26,29H,7-9H2,1-6H3,(H2,18,27)(H,19,24,28)/t10-,14+/m0/s1. The molecule has 0 aliphatic carbocycles. The minimum Gasteiger partial charge on any atom is -0.390 e. The number of nitrogens with two attached hydrogens (primary N) is 1. The van der Waals surface area contributed by atoms with Gasteiger partial charge < -0.3 is 25.7 Å². The van der Waals surface area contributed by atoms with Crippen LogP contribution in [-0.2, 0) is 14.4 Å². The van der Waals surface area contributed by atoms with Gasteiger partial charge in [0, 0.05) is 34.0 Å². The number of urea groups is 2. The number of hydrogen-bond donors (Lipinski definition) is 4. The van der Waals surface area contributed by atoms with Crippen molar-refractivity contribution in [2.45, 2.75) is 57.9 Å². The molecule has 0 aromatic carbocycles. The SMILES string of the molecule is CCCC(=O)N(C)[C@H](O)C(=O)N(C)[C@@H](CC(C)(C)O)C(=O)NC(=O)N(C)C(N)=O. The highest BCUT2D eigenvalue weighted by molar-refractivity contribution is 6.03. The monoisotopic (exact) mass is 417 g/mol. The van der Waals surface area contributed by atoms with Gasteiger partial charge in [-0.25, -0.2) is 14.5 Å². The Morgan fingerprint density at radius 3 is 2.00 bits per heavy atom. The molecule has 29 heavy (non-hydrogen) atoms. The number of aliphatic hydroxyl groups is 2. The van der Waals surface area contributed by atoms with Crippen LogP contribution < -0.4 is 11.1 Å². The van der Waals surface area contributed by atoms with Crippen LogP contribution in [0.25, 0.3) is 0 Å². The topological polar surface area (TPSA) is 174 Å². The number of primary amides is 1. The summed E-state index contributed by atoms with van der Waals surface area (Å²) in [5.74, 6) is -2.46. The Hall–Kier alpha value is -2.73. The molecule has 12 nitrogen and oxygen atoms in total. The van der Waals surface area contributed by atoms with Crippen molar-refractivity contribution < 1.29 is 34.2 Å². The number of nitrogens with one attached hydrogen (secondary N) is 1. The van der Waals surface area contributed by atoms with Crippen molar-refractivity contribution in [1.82, 2.24) is 20.0 Å². The Labute approximate surface area is 169 Å². The van der Waals surface area contributed by atoms with Gasteiger partial charge in [0.1, 0.15) is 6.04 Å². The van der Waals surface area contributed by atoms with Gasteiger partial charge in [0.25, 0.3) is 11.8 Å². The van der Waals surface area contributed by atoms with Crippen LogP contribution in [-0.4, -0.2) is 93.7 Å². The van der Waals surface area contributed by atoms with Crippen LogP contribution >= 0.6 is 0 Å². The molecule has 0 aromatic rings. The van der Waals surface area contributed by atoms with Gasteiger partial charge in [-0.05, 0) is 20.3 Å². The predicted molar refractivity (Wildman–Crippen MR) is 102 cm³/mol. The lowest BCUT2D eigenvalue weighted by molar-refractivity contribution is -0.160. The first-order valence-corrected chi connectivity index (χ1v) is 8.94. The van der Waals surface area contributed by atoms with Gasteiger partial charge in [0.05, 0.1) is 5.60 Å². The second-order valence-electron chi connectivity index (χ2n) is 7.30. The van der Waals surface area contributed by atoms with Crippen molar-refractivity contribution in [2.24, 2.45) is 5.73 Å². The van der Waals surface area contributed by atoms with Crippen LogP contribution in [0.15, 0.2) is 0 Å². The zero-order valence-electron chi connectivity index (χ0n) is 17.6. The molecule has 0 aromatic heterocycles. The van der Waals surface area contributed by atoms with E-state index in [9.17, 15) is 34.2 Å². The van der Waals surface area contributed by atoms with Crippen molar-refractivity contribution in [3.05, 3.63) is 0 Å². The van der Waals surface area contributed by atoms with Crippen LogP contribution in [0.4, 0.5) is 9.59 Å². The zero-order valence-corrected chi connectivity index (χ0v) is 17.6. The lowest BCUT2D eigenvalue weighted by Crippen LogP contribution is -2.58. The number of hydrogen-bond acceptors (Lipinski definition) is 7. The Morgan fingerprint density at radius 2 is 1.59 bits per heavy atom. The molecule has 12 heteroatoms. The van der Waals surface area contributed by atoms with Crippen molar-refractivity contribution in [3.8, 4) is 0 Å². The second-order valence-corrected chi connectivity index (χ2v) is 7.30. The van der Waals surface area contributed by atoms with Gasteiger partial charge in [-0.3, -0.25) is 19.7 Å². The van der Waals surface area contributed by atoms with Crippen LogP contribution in [0.1, 0.15) is 40.0 Å². The smallest absolute Gasteiger partial charge is 0.331 e. The first-order chi connectivity index (χ1) is 13.1. The number of nitrogens with zero attached hydrogens (tertiary/aromatic N) is 3. The van der Waals surface area contributed by atoms with Crippen molar-refractivity contribution >= 4 is 29.8 Å². The van der Waals surface area contributed by atoms with E-state index in [4.69, 9.17) is 5.73 Å². The Morgan fingerprint density at radius 1 is 1.07 bits per heavy atom. The molecule has 0 fully saturated rings. The van der Waals surface area contributed by atoms with Crippen LogP contribution in [0, 0.1) is 0 Å². The van der Waals surface area contributed by atoms with Crippen molar-refractivity contribution in [2.75, 3.05) is 21.1 Å². The van der Waals surface area contributed by atoms with E-state index in [0.717, 1.165) is 16.8 Å². The average Bonchev–Trinajstić information content (AvgIpc) is 2.62. The summed E-state index contributed by atoms with van der Waals surface area (Å²) in [5, 5.41) is 22.2. The molecule has 0 saturated carbocycles. The third-order valence-corrected chi connectivity index (χ3v) is 4.12. The Balaban J connectivity index is 5.55. The molecule has 0 bridgehead atoms. The normalized spacial score (nSPS) is 13.1. The summed E-state index contributed by atoms with van der Waals surface area (Å²) in [5.41, 5.74) is 3.54. The summed E-state index contributed by atoms with van der Waals surface area (Å²) >= 11 is 0. The lowest BCUT2D eigenvalue weighted by Gasteiger charge is -2.34. The average molecular weight is 417 g/mol. The maximum absolute atomic E-state index is 12.6. The molecular formula is C17H31N5O7. The number of likely N-dealkylation sites (N-methyl/N-ethyl adjacent to an activating group) is 2. The number of imide groups is 2. The molecule has 0 rings (SSSR count). The van der Waals surface area contributed by atoms with E-state index < -0.39 is 47.7 Å². The lowest BCUT2D eigenvalue weighted by atomic mass is 9.97. The van der Waals surface area contributed by atoms with Gasteiger partial charge in [-0.15, -0.1) is 0 Å². The van der Waals surface area contributed by atoms with E-state index in [1.165, 1.54) is 27.9 Å². The fraction of sp³-hybridized carbons (Fsp3) is 0.706. The molecule has 0 unspecified atom stereocenters. The van der Waals surface area contributed by atoms with Gasteiger partial charge in [-0.2, -0.15) is 0 Å². The van der Waals surface area contributed by atoms with E-state index >= 15 is 0 Å². The summed E-state index contributed by atoms with van der Waals surface area (Å²) in [6.07, 6.45) is -1.53. The molecule has 0 radical (unpaired) electrons. The number of rotatable bonds is 8. The van der Waals surface area contributed by atoms with E-state index in [1.807, 2.05) is 5.32 Å². The Bertz CT molecular complexity index is 647. The fourth-order valence-corrected chi connectivity index (χ4v) is 2.28. The third-order valence-electron chi connectivity index (χ3n) is 4.12. The molecule has 0 aliphatic rings. The molecule has 0 heterocycles. The highest BCUT2D eigenvalue weighted by Gasteiger charge is 2.37. The summed E-state index contributed by atoms with van der Waals surface area (Å²) < 4.78 is 0. The van der Waals surface area contributed by atoms with Gasteiger partial charge in [-0.1, -0.05) is 6.92 Å². The molecule has 5 N–H and O–H groups in total. The minimum absolute atomic E-state index is 0.117. The molecule has 2 atom stereocenters. The van der Waals surface area contributed by atoms with Gasteiger partial charge in [0.15, 0.2) is 0 Å². The number of aliphatic hydroxyl groups excluding tert-OH is 1. The van der Waals surface area contributed by atoms with E-state index in [0.29, 0.717) is 11.3 Å². The molecular weight excluding hydrogens is 386 g/mol. The molecule has 166 valence electrons. The molecule has 7 amide bonds. The Kier molecular flexibility index (Phi) is 9.71. The first-order valence-electron chi connectivity index (χ1n) is 8.94. The van der Waals surface area contributed by atoms with E-state index in [1.54, 1.807) is 6.92 Å². The van der Waals surface area contributed by atoms with Crippen LogP contribution in [0.3, 0.4) is 0 Å². The van der Waals surface area contributed by atoms with Crippen molar-refractivity contribution in [1.29, 1.82) is 0 Å². The minimum atomic E-state index is -1.86. The predicted octanol–water partition coefficient (Wildman–Crippen LogP) is -1.20. The summed E-state index contributed by atoms with van der Waals surface area (Å²) in [7, 11) is 3.47. The zero-order chi connectivity index (χ0) is 23.1. The number of carbonyl (C=O) groups excluding carboxylic acids is 5. The first kappa shape index (κ1) is 26.3. The fourth-order valence-electron chi connectivity index (χ4n) is 2.28. The molecule has 0 saturated heterocycles. The summed E-state index contributed by atoms with van der Waals surface area (Å²) in [4.78, 5) is 62.1. The third kappa shape index (κ3) is 8.03. The maximum atomic E-state index is 12.6. The van der Waals surface area contributed by atoms with Crippen LogP contribution in [0.5, 0.6) is 0 Å². The maximum Gasteiger partial charge on any atom is 0.331 e. The number of amides is 7. The van der Waals surface area contributed by atoms with E-state index in [2.05, 4.69) is 0 Å². The number of carbonyl (C=O) groups is 5. The highest BCUT2D eigenvalue weighted by atomic mass is 16.3. The highest BCUT2D eigenvalue weighted by Crippen LogP contribution is 2.17. The largest absolute Gasteiger partial charge is 0.390 e. The molecule has 0 aliphatic heterocycles. The quantitative estimate of drug-likeness (QED) is 0.359. The summed E-state index contributed by atoms with van der Waals surface area (Å²) in [6, 6.07) is -3.62. The summed E-state index contributed by atoms with van der Waals surface area (Å²) in [6.45, 7) is 4.53. The second kappa shape index (κ2) is 10.7.